The Balaban J connectivity index is -0.000000176. The molecule has 1 aromatic rings. The van der Waals surface area contributed by atoms with E-state index in [1.54, 1.807) is 0 Å². The number of aliphatic hydroxyl groups excluding tert-OH is 3. The van der Waals surface area contributed by atoms with Crippen LogP contribution in [0, 0.1) is 0 Å². The quantitative estimate of drug-likeness (QED) is 0.238. The molecule has 3 nitrogen and oxygen atoms in total. The first kappa shape index (κ1) is 37.2. The van der Waals surface area contributed by atoms with Crippen molar-refractivity contribution in [1.29, 1.82) is 0 Å². The largest absolute Gasteiger partial charge is 0.396 e. The SMILES string of the molecule is CCCCO.CCCCO.CCCCO.FC(F)(F)[SiH]([c-]1cccc1)C(F)(F)F.[Hf]. The monoisotopic (exact) mass is 633 g/mol. The summed E-state index contributed by atoms with van der Waals surface area (Å²) >= 11 is 0. The molecule has 0 radical (unpaired) electrons. The van der Waals surface area contributed by atoms with Crippen LogP contribution in [0.5, 0.6) is 0 Å². The van der Waals surface area contributed by atoms with Gasteiger partial charge in [-0.3, -0.25) is 0 Å². The van der Waals surface area contributed by atoms with E-state index in [0.717, 1.165) is 50.7 Å². The van der Waals surface area contributed by atoms with E-state index in [9.17, 15) is 26.3 Å². The maximum absolute atomic E-state index is 12.1. The van der Waals surface area contributed by atoms with Gasteiger partial charge < -0.3 is 15.3 Å². The van der Waals surface area contributed by atoms with Gasteiger partial charge in [0, 0.05) is 45.7 Å². The van der Waals surface area contributed by atoms with Crippen LogP contribution in [0.25, 0.3) is 0 Å². The number of rotatable bonds is 7. The van der Waals surface area contributed by atoms with Gasteiger partial charge in [0.25, 0.3) is 8.80 Å². The molecule has 0 saturated carbocycles. The molecule has 30 heavy (non-hydrogen) atoms. The Morgan fingerprint density at radius 1 is 0.667 bits per heavy atom. The van der Waals surface area contributed by atoms with Crippen molar-refractivity contribution >= 4 is 14.0 Å². The third-order valence-corrected chi connectivity index (χ3v) is 5.57. The molecule has 0 spiro atoms. The normalized spacial score (nSPS) is 10.6. The average molecular weight is 632 g/mol. The zero-order valence-corrected chi connectivity index (χ0v) is 22.6. The first-order valence-corrected chi connectivity index (χ1v) is 11.4. The van der Waals surface area contributed by atoms with Crippen LogP contribution in [0.4, 0.5) is 26.3 Å². The first-order chi connectivity index (χ1) is 13.5. The van der Waals surface area contributed by atoms with Gasteiger partial charge in [-0.2, -0.15) is 38.5 Å². The number of aliphatic hydroxyl groups is 3. The van der Waals surface area contributed by atoms with Gasteiger partial charge in [-0.1, -0.05) is 40.0 Å². The number of hydrogen-bond acceptors (Lipinski definition) is 3. The molecule has 0 heterocycles. The minimum Gasteiger partial charge on any atom is -0.396 e. The fraction of sp³-hybridized carbons (Fsp3) is 0.737. The number of alkyl halides is 6. The van der Waals surface area contributed by atoms with Gasteiger partial charge in [-0.25, -0.2) is 12.1 Å². The summed E-state index contributed by atoms with van der Waals surface area (Å²) in [5, 5.41) is 23.6. The molecule has 0 aliphatic carbocycles. The Hall–Kier alpha value is -0.103. The molecular weight excluding hydrogens is 597 g/mol. The second-order valence-electron chi connectivity index (χ2n) is 5.97. The summed E-state index contributed by atoms with van der Waals surface area (Å²) in [7, 11) is -4.92. The van der Waals surface area contributed by atoms with E-state index in [1.807, 2.05) is 0 Å². The molecule has 0 aliphatic heterocycles. The predicted molar refractivity (Wildman–Crippen MR) is 107 cm³/mol. The summed E-state index contributed by atoms with van der Waals surface area (Å²) in [5.74, 6) is -10.3. The number of hydrogen-bond donors (Lipinski definition) is 3. The molecule has 0 aromatic heterocycles. The molecule has 180 valence electrons. The van der Waals surface area contributed by atoms with Crippen LogP contribution in [0.3, 0.4) is 0 Å². The van der Waals surface area contributed by atoms with Crippen molar-refractivity contribution in [1.82, 2.24) is 0 Å². The van der Waals surface area contributed by atoms with E-state index in [-0.39, 0.29) is 25.8 Å². The summed E-state index contributed by atoms with van der Waals surface area (Å²) in [4.78, 5) is 0. The molecule has 0 atom stereocenters. The zero-order chi connectivity index (χ0) is 23.3. The molecule has 0 amide bonds. The van der Waals surface area contributed by atoms with Crippen LogP contribution in [0.15, 0.2) is 24.3 Å². The van der Waals surface area contributed by atoms with Gasteiger partial charge in [0.2, 0.25) is 0 Å². The van der Waals surface area contributed by atoms with Crippen molar-refractivity contribution < 1.29 is 67.5 Å². The van der Waals surface area contributed by atoms with Crippen LogP contribution in [-0.2, 0) is 25.8 Å². The van der Waals surface area contributed by atoms with Crippen molar-refractivity contribution in [3.05, 3.63) is 24.3 Å². The van der Waals surface area contributed by atoms with Crippen molar-refractivity contribution in [2.75, 3.05) is 19.8 Å². The van der Waals surface area contributed by atoms with Crippen LogP contribution < -0.4 is 5.19 Å². The van der Waals surface area contributed by atoms with Gasteiger partial charge in [-0.15, -0.1) is 5.19 Å². The van der Waals surface area contributed by atoms with Crippen LogP contribution in [0.1, 0.15) is 59.3 Å². The van der Waals surface area contributed by atoms with E-state index in [2.05, 4.69) is 20.8 Å². The summed E-state index contributed by atoms with van der Waals surface area (Å²) in [6.07, 6.45) is 6.11. The Kier molecular flexibility index (Phi) is 29.2. The Bertz CT molecular complexity index is 395. The van der Waals surface area contributed by atoms with Crippen molar-refractivity contribution in [2.24, 2.45) is 0 Å². The second kappa shape index (κ2) is 23.6. The number of unbranched alkanes of at least 4 members (excludes halogenated alkanes) is 3. The van der Waals surface area contributed by atoms with E-state index in [4.69, 9.17) is 15.3 Å². The fourth-order valence-corrected chi connectivity index (χ4v) is 3.35. The molecule has 3 N–H and O–H groups in total. The third kappa shape index (κ3) is 24.2. The average Bonchev–Trinajstić information content (AvgIpc) is 3.10. The van der Waals surface area contributed by atoms with Crippen molar-refractivity contribution in [3.8, 4) is 0 Å². The Morgan fingerprint density at radius 3 is 1.07 bits per heavy atom. The minimum atomic E-state index is -5.16. The minimum absolute atomic E-state index is 0. The van der Waals surface area contributed by atoms with Gasteiger partial charge >= 0.3 is 11.6 Å². The molecular formula is C19H35F6HfO3Si-. The fourth-order valence-electron chi connectivity index (χ4n) is 1.62. The molecule has 0 aliphatic rings. The first-order valence-electron chi connectivity index (χ1n) is 9.65. The Morgan fingerprint density at radius 2 is 0.933 bits per heavy atom. The van der Waals surface area contributed by atoms with Crippen molar-refractivity contribution in [2.45, 2.75) is 70.9 Å². The summed E-state index contributed by atoms with van der Waals surface area (Å²) < 4.78 is 72.7. The van der Waals surface area contributed by atoms with Crippen LogP contribution in [0.2, 0.25) is 0 Å². The molecule has 1 rings (SSSR count). The summed E-state index contributed by atoms with van der Waals surface area (Å²) in [5.41, 5.74) is 0. The van der Waals surface area contributed by atoms with Gasteiger partial charge in [-0.05, 0) is 19.3 Å². The standard InChI is InChI=1S/C7H5F6Si.3C4H10O.Hf/c8-6(9,10)14(7(11,12)13)5-3-1-2-4-5;3*1-2-3-4-5;/h1-4,14H;3*5H,2-4H2,1H3;/q-1;;;;. The summed E-state index contributed by atoms with van der Waals surface area (Å²) in [6, 6.07) is 4.09. The molecule has 0 fully saturated rings. The van der Waals surface area contributed by atoms with E-state index in [1.165, 1.54) is 12.1 Å². The second-order valence-corrected chi connectivity index (χ2v) is 8.81. The van der Waals surface area contributed by atoms with Gasteiger partial charge in [0.05, 0.1) is 0 Å². The van der Waals surface area contributed by atoms with Gasteiger partial charge in [0.15, 0.2) is 0 Å². The summed E-state index contributed by atoms with van der Waals surface area (Å²) in [6.45, 7) is 7.19. The molecule has 1 aromatic carbocycles. The van der Waals surface area contributed by atoms with E-state index in [0.29, 0.717) is 19.8 Å². The van der Waals surface area contributed by atoms with Crippen LogP contribution >= 0.6 is 0 Å². The van der Waals surface area contributed by atoms with Crippen LogP contribution in [-0.4, -0.2) is 55.5 Å². The molecule has 11 heteroatoms. The molecule has 0 saturated heterocycles. The smallest absolute Gasteiger partial charge is 0.361 e. The topological polar surface area (TPSA) is 60.7 Å². The van der Waals surface area contributed by atoms with Gasteiger partial charge in [0.1, 0.15) is 0 Å². The van der Waals surface area contributed by atoms with Crippen molar-refractivity contribution in [3.63, 3.8) is 0 Å². The maximum Gasteiger partial charge on any atom is 0.361 e. The number of halogens is 6. The van der Waals surface area contributed by atoms with E-state index < -0.39 is 25.6 Å². The van der Waals surface area contributed by atoms with E-state index >= 15 is 0 Å². The maximum atomic E-state index is 12.1. The molecule has 0 bridgehead atoms. The Labute approximate surface area is 196 Å². The predicted octanol–water partition coefficient (Wildman–Crippen LogP) is 4.38. The molecule has 0 unspecified atom stereocenters. The zero-order valence-electron chi connectivity index (χ0n) is 17.9. The third-order valence-electron chi connectivity index (χ3n) is 3.21.